The maximum Gasteiger partial charge on any atom is 0.262 e. The van der Waals surface area contributed by atoms with E-state index in [-0.39, 0.29) is 23.4 Å². The van der Waals surface area contributed by atoms with Gasteiger partial charge in [0.05, 0.1) is 24.6 Å². The van der Waals surface area contributed by atoms with Crippen LogP contribution in [0.5, 0.6) is 5.75 Å². The summed E-state index contributed by atoms with van der Waals surface area (Å²) in [6.07, 6.45) is 0. The SMILES string of the molecule is COc1cccc(Cn2c(SCc3cc(F)ccc3F)nc3ccccc3c2=O)c1. The van der Waals surface area contributed by atoms with E-state index in [1.165, 1.54) is 11.8 Å². The minimum absolute atomic E-state index is 0.145. The van der Waals surface area contributed by atoms with Gasteiger partial charge < -0.3 is 4.74 Å². The van der Waals surface area contributed by atoms with Gasteiger partial charge in [-0.2, -0.15) is 0 Å². The van der Waals surface area contributed by atoms with E-state index < -0.39 is 11.6 Å². The quantitative estimate of drug-likeness (QED) is 0.322. The molecule has 30 heavy (non-hydrogen) atoms. The second-order valence-corrected chi connectivity index (χ2v) is 7.62. The van der Waals surface area contributed by atoms with Crippen LogP contribution in [0, 0.1) is 11.6 Å². The molecule has 0 radical (unpaired) electrons. The summed E-state index contributed by atoms with van der Waals surface area (Å²) in [5.41, 5.74) is 1.46. The number of nitrogens with zero attached hydrogens (tertiary/aromatic N) is 2. The van der Waals surface area contributed by atoms with Crippen molar-refractivity contribution in [2.75, 3.05) is 7.11 Å². The van der Waals surface area contributed by atoms with E-state index in [1.54, 1.807) is 29.9 Å². The summed E-state index contributed by atoms with van der Waals surface area (Å²) < 4.78 is 34.4. The van der Waals surface area contributed by atoms with Gasteiger partial charge in [-0.05, 0) is 48.0 Å². The molecule has 7 heteroatoms. The molecule has 0 N–H and O–H groups in total. The Hall–Kier alpha value is -3.19. The van der Waals surface area contributed by atoms with Gasteiger partial charge in [0.15, 0.2) is 5.16 Å². The second-order valence-electron chi connectivity index (χ2n) is 6.68. The highest BCUT2D eigenvalue weighted by Crippen LogP contribution is 2.25. The molecule has 0 bridgehead atoms. The third kappa shape index (κ3) is 4.21. The highest BCUT2D eigenvalue weighted by molar-refractivity contribution is 7.98. The molecule has 0 unspecified atom stereocenters. The van der Waals surface area contributed by atoms with Crippen LogP contribution in [-0.2, 0) is 12.3 Å². The van der Waals surface area contributed by atoms with Crippen molar-refractivity contribution in [2.45, 2.75) is 17.5 Å². The number of methoxy groups -OCH3 is 1. The van der Waals surface area contributed by atoms with Crippen LogP contribution in [-0.4, -0.2) is 16.7 Å². The van der Waals surface area contributed by atoms with Crippen LogP contribution < -0.4 is 10.3 Å². The van der Waals surface area contributed by atoms with E-state index in [2.05, 4.69) is 4.98 Å². The highest BCUT2D eigenvalue weighted by atomic mass is 32.2. The lowest BCUT2D eigenvalue weighted by atomic mass is 10.2. The molecular weight excluding hydrogens is 406 g/mol. The molecule has 4 aromatic rings. The molecule has 0 atom stereocenters. The maximum absolute atomic E-state index is 14.1. The number of ether oxygens (including phenoxy) is 1. The van der Waals surface area contributed by atoms with Crippen molar-refractivity contribution in [3.05, 3.63) is 99.8 Å². The summed E-state index contributed by atoms with van der Waals surface area (Å²) in [6, 6.07) is 17.8. The molecule has 152 valence electrons. The van der Waals surface area contributed by atoms with Crippen LogP contribution in [0.2, 0.25) is 0 Å². The molecule has 0 aliphatic heterocycles. The van der Waals surface area contributed by atoms with Crippen molar-refractivity contribution in [3.8, 4) is 5.75 Å². The fourth-order valence-corrected chi connectivity index (χ4v) is 4.12. The van der Waals surface area contributed by atoms with Gasteiger partial charge in [0.25, 0.3) is 5.56 Å². The lowest BCUT2D eigenvalue weighted by Gasteiger charge is -2.14. The monoisotopic (exact) mass is 424 g/mol. The molecule has 0 aliphatic rings. The van der Waals surface area contributed by atoms with Crippen LogP contribution in [0.1, 0.15) is 11.1 Å². The molecule has 1 heterocycles. The third-order valence-corrected chi connectivity index (χ3v) is 5.69. The van der Waals surface area contributed by atoms with Crippen LogP contribution in [0.15, 0.2) is 76.7 Å². The van der Waals surface area contributed by atoms with Gasteiger partial charge in [0.1, 0.15) is 17.4 Å². The molecule has 0 amide bonds. The first-order chi connectivity index (χ1) is 14.5. The second kappa shape index (κ2) is 8.67. The largest absolute Gasteiger partial charge is 0.497 e. The van der Waals surface area contributed by atoms with Crippen LogP contribution >= 0.6 is 11.8 Å². The van der Waals surface area contributed by atoms with Crippen molar-refractivity contribution in [2.24, 2.45) is 0 Å². The zero-order valence-electron chi connectivity index (χ0n) is 16.1. The maximum atomic E-state index is 14.1. The fourth-order valence-electron chi connectivity index (χ4n) is 3.15. The van der Waals surface area contributed by atoms with Crippen molar-refractivity contribution >= 4 is 22.7 Å². The lowest BCUT2D eigenvalue weighted by Crippen LogP contribution is -2.24. The van der Waals surface area contributed by atoms with E-state index in [1.807, 2.05) is 30.3 Å². The Bertz CT molecular complexity index is 1270. The number of para-hydroxylation sites is 1. The van der Waals surface area contributed by atoms with E-state index in [0.717, 1.165) is 23.8 Å². The van der Waals surface area contributed by atoms with E-state index in [4.69, 9.17) is 4.74 Å². The topological polar surface area (TPSA) is 44.1 Å². The Morgan fingerprint density at radius 2 is 1.87 bits per heavy atom. The number of thioether (sulfide) groups is 1. The molecule has 0 aliphatic carbocycles. The number of benzene rings is 3. The lowest BCUT2D eigenvalue weighted by molar-refractivity contribution is 0.414. The average molecular weight is 424 g/mol. The number of halogens is 2. The summed E-state index contributed by atoms with van der Waals surface area (Å²) in [5.74, 6) is -0.170. The van der Waals surface area contributed by atoms with Crippen LogP contribution in [0.4, 0.5) is 8.78 Å². The predicted molar refractivity (Wildman–Crippen MR) is 114 cm³/mol. The standard InChI is InChI=1S/C23H18F2N2O2S/c1-29-18-6-4-5-15(11-18)13-27-22(28)19-7-2-3-8-21(19)26-23(27)30-14-16-12-17(24)9-10-20(16)25/h2-12H,13-14H2,1H3. The van der Waals surface area contributed by atoms with Gasteiger partial charge in [0, 0.05) is 11.3 Å². The number of rotatable bonds is 6. The van der Waals surface area contributed by atoms with Crippen molar-refractivity contribution in [3.63, 3.8) is 0 Å². The van der Waals surface area contributed by atoms with Gasteiger partial charge in [-0.1, -0.05) is 36.0 Å². The van der Waals surface area contributed by atoms with Gasteiger partial charge in [-0.3, -0.25) is 9.36 Å². The molecule has 0 saturated carbocycles. The van der Waals surface area contributed by atoms with Gasteiger partial charge >= 0.3 is 0 Å². The van der Waals surface area contributed by atoms with Gasteiger partial charge in [-0.15, -0.1) is 0 Å². The molecule has 0 spiro atoms. The fraction of sp³-hybridized carbons (Fsp3) is 0.130. The molecule has 4 rings (SSSR count). The number of fused-ring (bicyclic) bond motifs is 1. The summed E-state index contributed by atoms with van der Waals surface area (Å²) in [4.78, 5) is 17.8. The summed E-state index contributed by atoms with van der Waals surface area (Å²) in [6.45, 7) is 0.280. The van der Waals surface area contributed by atoms with Gasteiger partial charge in [-0.25, -0.2) is 13.8 Å². The third-order valence-electron chi connectivity index (χ3n) is 4.67. The minimum Gasteiger partial charge on any atom is -0.497 e. The normalized spacial score (nSPS) is 11.0. The number of hydrogen-bond donors (Lipinski definition) is 0. The average Bonchev–Trinajstić information content (AvgIpc) is 2.77. The Kier molecular flexibility index (Phi) is 5.81. The van der Waals surface area contributed by atoms with E-state index >= 15 is 0 Å². The molecule has 0 saturated heterocycles. The molecule has 4 nitrogen and oxygen atoms in total. The first-order valence-electron chi connectivity index (χ1n) is 9.24. The summed E-state index contributed by atoms with van der Waals surface area (Å²) in [7, 11) is 1.58. The van der Waals surface area contributed by atoms with Crippen LogP contribution in [0.3, 0.4) is 0 Å². The first kappa shape index (κ1) is 20.1. The van der Waals surface area contributed by atoms with Crippen LogP contribution in [0.25, 0.3) is 10.9 Å². The Morgan fingerprint density at radius 3 is 2.70 bits per heavy atom. The van der Waals surface area contributed by atoms with E-state index in [9.17, 15) is 13.6 Å². The highest BCUT2D eigenvalue weighted by Gasteiger charge is 2.14. The van der Waals surface area contributed by atoms with Gasteiger partial charge in [0.2, 0.25) is 0 Å². The zero-order valence-corrected chi connectivity index (χ0v) is 17.0. The van der Waals surface area contributed by atoms with E-state index in [0.29, 0.717) is 21.8 Å². The smallest absolute Gasteiger partial charge is 0.262 e. The molecule has 0 fully saturated rings. The first-order valence-corrected chi connectivity index (χ1v) is 10.2. The molecule has 1 aromatic heterocycles. The number of hydrogen-bond acceptors (Lipinski definition) is 4. The Balaban J connectivity index is 1.75. The van der Waals surface area contributed by atoms with Crippen molar-refractivity contribution in [1.82, 2.24) is 9.55 Å². The van der Waals surface area contributed by atoms with Crippen molar-refractivity contribution < 1.29 is 13.5 Å². The summed E-state index contributed by atoms with van der Waals surface area (Å²) >= 11 is 1.20. The van der Waals surface area contributed by atoms with Crippen molar-refractivity contribution in [1.29, 1.82) is 0 Å². The minimum atomic E-state index is -0.507. The number of aromatic nitrogens is 2. The zero-order chi connectivity index (χ0) is 21.1. The Labute approximate surface area is 176 Å². The predicted octanol–water partition coefficient (Wildman–Crippen LogP) is 5.02. The molecule has 3 aromatic carbocycles. The summed E-state index contributed by atoms with van der Waals surface area (Å²) in [5, 5.41) is 0.937. The Morgan fingerprint density at radius 1 is 1.03 bits per heavy atom. The molecular formula is C23H18F2N2O2S.